The Kier molecular flexibility index (Phi) is 0.913. The van der Waals surface area contributed by atoms with E-state index in [4.69, 9.17) is 0 Å². The topological polar surface area (TPSA) is 43.1 Å². The van der Waals surface area contributed by atoms with Crippen molar-refractivity contribution in [1.29, 1.82) is 0 Å². The van der Waals surface area contributed by atoms with Gasteiger partial charge in [-0.2, -0.15) is 4.68 Å². The number of hydrogen-bond acceptors (Lipinski definition) is 4. The molecule has 0 aliphatic carbocycles. The number of thioether (sulfide) groups is 1. The van der Waals surface area contributed by atoms with Crippen molar-refractivity contribution >= 4 is 17.6 Å². The van der Waals surface area contributed by atoms with Gasteiger partial charge in [0.05, 0.1) is 0 Å². The lowest BCUT2D eigenvalue weighted by Crippen LogP contribution is -1.89. The molecule has 44 valence electrons. The summed E-state index contributed by atoms with van der Waals surface area (Å²) in [6, 6.07) is 0. The van der Waals surface area contributed by atoms with E-state index in [-0.39, 0.29) is 0 Å². The van der Waals surface area contributed by atoms with Crippen LogP contribution in [0.1, 0.15) is 0 Å². The van der Waals surface area contributed by atoms with Crippen LogP contribution >= 0.6 is 11.8 Å². The monoisotopic (exact) mass is 138 g/mol. The summed E-state index contributed by atoms with van der Waals surface area (Å²) in [6.45, 7) is 0. The van der Waals surface area contributed by atoms with Crippen LogP contribution in [-0.2, 0) is 0 Å². The fourth-order valence-corrected chi connectivity index (χ4v) is 1.03. The highest BCUT2D eigenvalue weighted by molar-refractivity contribution is 8.02. The van der Waals surface area contributed by atoms with E-state index in [2.05, 4.69) is 21.2 Å². The smallest absolute Gasteiger partial charge is 0.186 e. The fraction of sp³-hybridized carbons (Fsp3) is 0. The van der Waals surface area contributed by atoms with E-state index >= 15 is 0 Å². The summed E-state index contributed by atoms with van der Waals surface area (Å²) in [7, 11) is 0. The number of rotatable bonds is 0. The van der Waals surface area contributed by atoms with Crippen molar-refractivity contribution < 1.29 is 0 Å². The van der Waals surface area contributed by atoms with Gasteiger partial charge in [-0.15, -0.1) is 15.3 Å². The van der Waals surface area contributed by atoms with Crippen LogP contribution in [0.15, 0.2) is 22.0 Å². The van der Waals surface area contributed by atoms with Gasteiger partial charge in [-0.05, 0) is 11.8 Å². The van der Waals surface area contributed by atoms with E-state index in [1.54, 1.807) is 16.4 Å². The molecule has 1 aliphatic heterocycles. The van der Waals surface area contributed by atoms with Crippen LogP contribution in [0.2, 0.25) is 0 Å². The van der Waals surface area contributed by atoms with Crippen molar-refractivity contribution in [2.45, 2.75) is 5.16 Å². The number of aromatic nitrogens is 3. The zero-order chi connectivity index (χ0) is 6.10. The van der Waals surface area contributed by atoms with Crippen molar-refractivity contribution in [3.05, 3.63) is 11.7 Å². The van der Waals surface area contributed by atoms with Crippen molar-refractivity contribution in [3.8, 4) is 0 Å². The Morgan fingerprint density at radius 1 is 1.67 bits per heavy atom. The highest BCUT2D eigenvalue weighted by Crippen LogP contribution is 2.15. The summed E-state index contributed by atoms with van der Waals surface area (Å²) in [5.41, 5.74) is 0. The summed E-state index contributed by atoms with van der Waals surface area (Å²) < 4.78 is 1.57. The first kappa shape index (κ1) is 4.78. The Labute approximate surface area is 55.3 Å². The number of nitrogens with zero attached hydrogens (tertiary/aromatic N) is 4. The lowest BCUT2D eigenvalue weighted by molar-refractivity contribution is 0.768. The average molecular weight is 138 g/mol. The molecule has 0 amide bonds. The van der Waals surface area contributed by atoms with Crippen LogP contribution in [0, 0.1) is 0 Å². The summed E-state index contributed by atoms with van der Waals surface area (Å²) in [5.74, 6) is 2.67. The van der Waals surface area contributed by atoms with Gasteiger partial charge in [-0.1, -0.05) is 0 Å². The molecule has 4 nitrogen and oxygen atoms in total. The van der Waals surface area contributed by atoms with E-state index in [0.717, 1.165) is 5.16 Å². The Morgan fingerprint density at radius 2 is 2.67 bits per heavy atom. The first-order valence-electron chi connectivity index (χ1n) is 2.32. The summed E-state index contributed by atoms with van der Waals surface area (Å²) in [5, 5.41) is 13.8. The molecule has 0 fully saturated rings. The van der Waals surface area contributed by atoms with E-state index in [1.165, 1.54) is 11.8 Å². The van der Waals surface area contributed by atoms with Gasteiger partial charge in [0.1, 0.15) is 6.33 Å². The maximum Gasteiger partial charge on any atom is 0.217 e. The second-order valence-corrected chi connectivity index (χ2v) is 2.26. The van der Waals surface area contributed by atoms with Crippen molar-refractivity contribution in [2.24, 2.45) is 5.10 Å². The minimum Gasteiger partial charge on any atom is -0.186 e. The van der Waals surface area contributed by atoms with Gasteiger partial charge in [0, 0.05) is 11.3 Å². The van der Waals surface area contributed by atoms with Crippen LogP contribution in [0.25, 0.3) is 0 Å². The quantitative estimate of drug-likeness (QED) is 0.519. The fourth-order valence-electron chi connectivity index (χ4n) is 0.530. The second-order valence-electron chi connectivity index (χ2n) is 1.42. The van der Waals surface area contributed by atoms with Gasteiger partial charge in [0.15, 0.2) is 0 Å². The minimum absolute atomic E-state index is 0.786. The molecule has 2 rings (SSSR count). The molecule has 0 saturated carbocycles. The van der Waals surface area contributed by atoms with Crippen LogP contribution in [0.4, 0.5) is 0 Å². The molecule has 0 spiro atoms. The number of fused-ring (bicyclic) bond motifs is 1. The molecule has 0 bridgehead atoms. The van der Waals surface area contributed by atoms with E-state index in [0.29, 0.717) is 0 Å². The lowest BCUT2D eigenvalue weighted by atomic mass is 11.1. The average Bonchev–Trinajstić information content (AvgIpc) is 2.33. The van der Waals surface area contributed by atoms with Gasteiger partial charge < -0.3 is 0 Å². The maximum atomic E-state index is 3.82. The second kappa shape index (κ2) is 1.72. The molecule has 1 aromatic rings. The minimum atomic E-state index is 0.786. The molecule has 0 saturated heterocycles. The molecule has 0 radical (unpaired) electrons. The van der Waals surface area contributed by atoms with Gasteiger partial charge in [0.2, 0.25) is 5.16 Å². The zero-order valence-corrected chi connectivity index (χ0v) is 5.17. The zero-order valence-electron chi connectivity index (χ0n) is 4.35. The van der Waals surface area contributed by atoms with Gasteiger partial charge >= 0.3 is 0 Å². The Morgan fingerprint density at radius 3 is 3.56 bits per heavy atom. The molecule has 0 unspecified atom stereocenters. The summed E-state index contributed by atoms with van der Waals surface area (Å²) in [6.07, 6.45) is 1.54. The predicted octanol–water partition coefficient (Wildman–Crippen LogP) is 0.330. The van der Waals surface area contributed by atoms with Gasteiger partial charge in [-0.25, -0.2) is 0 Å². The molecule has 0 aromatic carbocycles. The third kappa shape index (κ3) is 0.667. The van der Waals surface area contributed by atoms with Gasteiger partial charge in [0.25, 0.3) is 0 Å². The molecular formula is C4H2N4S. The van der Waals surface area contributed by atoms with Crippen LogP contribution in [0.3, 0.4) is 0 Å². The van der Waals surface area contributed by atoms with Crippen LogP contribution in [-0.4, -0.2) is 20.7 Å². The van der Waals surface area contributed by atoms with E-state index in [1.807, 2.05) is 0 Å². The maximum absolute atomic E-state index is 3.82. The molecule has 1 aliphatic rings. The van der Waals surface area contributed by atoms with Crippen molar-refractivity contribution in [1.82, 2.24) is 14.9 Å². The van der Waals surface area contributed by atoms with Crippen molar-refractivity contribution in [3.63, 3.8) is 0 Å². The SMILES string of the molecule is C1=CSc2nncn2N=1. The molecule has 9 heavy (non-hydrogen) atoms. The first-order valence-corrected chi connectivity index (χ1v) is 3.20. The molecule has 2 heterocycles. The molecule has 5 heteroatoms. The molecule has 0 N–H and O–H groups in total. The standard InChI is InChI=1S/C4H2N4S/c1-2-9-4-7-5-3-8(4)6-1/h2-3H. The Bertz CT molecular complexity index is 283. The van der Waals surface area contributed by atoms with Gasteiger partial charge in [-0.3, -0.25) is 0 Å². The first-order chi connectivity index (χ1) is 4.47. The highest BCUT2D eigenvalue weighted by Gasteiger charge is 2.02. The Balaban J connectivity index is 2.65. The number of hydrogen-bond donors (Lipinski definition) is 0. The molecular weight excluding hydrogens is 136 g/mol. The van der Waals surface area contributed by atoms with Crippen molar-refractivity contribution in [2.75, 3.05) is 0 Å². The van der Waals surface area contributed by atoms with Crippen LogP contribution in [0.5, 0.6) is 0 Å². The van der Waals surface area contributed by atoms with Crippen LogP contribution < -0.4 is 0 Å². The molecule has 0 atom stereocenters. The lowest BCUT2D eigenvalue weighted by Gasteiger charge is -1.94. The third-order valence-corrected chi connectivity index (χ3v) is 1.59. The predicted molar refractivity (Wildman–Crippen MR) is 33.3 cm³/mol. The normalized spacial score (nSPS) is 13.8. The molecule has 1 aromatic heterocycles. The summed E-state index contributed by atoms with van der Waals surface area (Å²) >= 11 is 1.45. The van der Waals surface area contributed by atoms with E-state index < -0.39 is 0 Å². The Hall–Kier alpha value is -1.06. The largest absolute Gasteiger partial charge is 0.217 e. The highest BCUT2D eigenvalue weighted by atomic mass is 32.2. The van der Waals surface area contributed by atoms with E-state index in [9.17, 15) is 0 Å². The summed E-state index contributed by atoms with van der Waals surface area (Å²) in [4.78, 5) is 0. The third-order valence-electron chi connectivity index (χ3n) is 0.883.